The van der Waals surface area contributed by atoms with Gasteiger partial charge in [-0.15, -0.1) is 0 Å². The van der Waals surface area contributed by atoms with Crippen molar-refractivity contribution in [3.05, 3.63) is 28.7 Å². The summed E-state index contributed by atoms with van der Waals surface area (Å²) < 4.78 is 0. The maximum atomic E-state index is 12.5. The van der Waals surface area contributed by atoms with Crippen LogP contribution in [0.5, 0.6) is 0 Å². The molecule has 4 N–H and O–H groups in total. The lowest BCUT2D eigenvalue weighted by Crippen LogP contribution is -2.43. The Morgan fingerprint density at radius 3 is 2.67 bits per heavy atom. The minimum absolute atomic E-state index is 0.0960. The Hall–Kier alpha value is -2.12. The summed E-state index contributed by atoms with van der Waals surface area (Å²) in [6.07, 6.45) is 2.72. The number of carbonyl (C=O) groups excluding carboxylic acids is 1. The van der Waals surface area contributed by atoms with Crippen molar-refractivity contribution in [3.8, 4) is 0 Å². The smallest absolute Gasteiger partial charge is 0.323 e. The van der Waals surface area contributed by atoms with E-state index >= 15 is 0 Å². The zero-order valence-electron chi connectivity index (χ0n) is 14.3. The second kappa shape index (κ2) is 8.65. The number of aliphatic hydroxyl groups is 1. The first kappa shape index (κ1) is 18.2. The summed E-state index contributed by atoms with van der Waals surface area (Å²) in [7, 11) is 0. The van der Waals surface area contributed by atoms with Crippen LogP contribution in [0.25, 0.3) is 11.0 Å². The summed E-state index contributed by atoms with van der Waals surface area (Å²) in [4.78, 5) is 31.3. The van der Waals surface area contributed by atoms with Crippen LogP contribution in [0.1, 0.15) is 33.1 Å². The predicted octanol–water partition coefficient (Wildman–Crippen LogP) is 1.67. The molecule has 1 aromatic heterocycles. The van der Waals surface area contributed by atoms with Crippen molar-refractivity contribution in [2.45, 2.75) is 39.2 Å². The van der Waals surface area contributed by atoms with Crippen LogP contribution in [0.3, 0.4) is 0 Å². The molecule has 24 heavy (non-hydrogen) atoms. The molecule has 1 aromatic carbocycles. The molecule has 0 spiro atoms. The number of carbonyl (C=O) groups is 1. The highest BCUT2D eigenvalue weighted by Gasteiger charge is 2.20. The molecule has 0 radical (unpaired) electrons. The van der Waals surface area contributed by atoms with E-state index in [0.29, 0.717) is 29.7 Å². The molecule has 132 valence electrons. The summed E-state index contributed by atoms with van der Waals surface area (Å²) in [5.41, 5.74) is 1.75. The minimum atomic E-state index is -0.288. The zero-order chi connectivity index (χ0) is 17.5. The molecule has 0 bridgehead atoms. The lowest BCUT2D eigenvalue weighted by atomic mass is 10.2. The molecule has 0 aliphatic rings. The Morgan fingerprint density at radius 1 is 1.25 bits per heavy atom. The number of fused-ring (bicyclic) bond motifs is 1. The van der Waals surface area contributed by atoms with Gasteiger partial charge in [0.05, 0.1) is 17.1 Å². The van der Waals surface area contributed by atoms with Crippen molar-refractivity contribution in [2.24, 2.45) is 0 Å². The van der Waals surface area contributed by atoms with E-state index in [4.69, 9.17) is 5.11 Å². The fourth-order valence-corrected chi connectivity index (χ4v) is 2.66. The van der Waals surface area contributed by atoms with E-state index in [9.17, 15) is 9.59 Å². The van der Waals surface area contributed by atoms with Crippen LogP contribution in [0.2, 0.25) is 0 Å². The Morgan fingerprint density at radius 2 is 1.96 bits per heavy atom. The van der Waals surface area contributed by atoms with Gasteiger partial charge in [0.15, 0.2) is 0 Å². The first-order valence-electron chi connectivity index (χ1n) is 8.43. The first-order chi connectivity index (χ1) is 11.5. The fourth-order valence-electron chi connectivity index (χ4n) is 2.66. The van der Waals surface area contributed by atoms with Gasteiger partial charge < -0.3 is 20.4 Å². The fraction of sp³-hybridized carbons (Fsp3) is 0.529. The highest BCUT2D eigenvalue weighted by molar-refractivity contribution is 5.96. The van der Waals surface area contributed by atoms with Gasteiger partial charge in [-0.25, -0.2) is 4.79 Å². The molecule has 7 nitrogen and oxygen atoms in total. The second-order valence-electron chi connectivity index (χ2n) is 5.97. The lowest BCUT2D eigenvalue weighted by molar-refractivity contribution is -0.120. The van der Waals surface area contributed by atoms with Gasteiger partial charge in [-0.1, -0.05) is 13.3 Å². The van der Waals surface area contributed by atoms with Crippen molar-refractivity contribution in [1.29, 1.82) is 0 Å². The van der Waals surface area contributed by atoms with Gasteiger partial charge in [0.1, 0.15) is 0 Å². The molecule has 0 fully saturated rings. The van der Waals surface area contributed by atoms with Crippen LogP contribution in [0.4, 0.5) is 5.69 Å². The minimum Gasteiger partial charge on any atom is -0.396 e. The van der Waals surface area contributed by atoms with Crippen LogP contribution < -0.4 is 11.0 Å². The topological polar surface area (TPSA) is 101 Å². The molecule has 2 rings (SSSR count). The maximum absolute atomic E-state index is 12.5. The SMILES string of the molecule is CCCCN(CCCO)C(C)C(=O)Nc1ccc2[nH]c(=O)[nH]c2c1. The highest BCUT2D eigenvalue weighted by atomic mass is 16.3. The van der Waals surface area contributed by atoms with E-state index < -0.39 is 0 Å². The molecule has 0 aliphatic carbocycles. The number of aliphatic hydroxyl groups excluding tert-OH is 1. The number of aromatic nitrogens is 2. The number of unbranched alkanes of at least 4 members (excludes halogenated alkanes) is 1. The number of H-pyrrole nitrogens is 2. The molecule has 0 saturated heterocycles. The Balaban J connectivity index is 2.05. The van der Waals surface area contributed by atoms with Crippen molar-refractivity contribution in [1.82, 2.24) is 14.9 Å². The summed E-state index contributed by atoms with van der Waals surface area (Å²) in [6, 6.07) is 4.97. The van der Waals surface area contributed by atoms with Crippen LogP contribution in [0, 0.1) is 0 Å². The van der Waals surface area contributed by atoms with Crippen molar-refractivity contribution < 1.29 is 9.90 Å². The highest BCUT2D eigenvalue weighted by Crippen LogP contribution is 2.15. The van der Waals surface area contributed by atoms with E-state index in [1.54, 1.807) is 18.2 Å². The van der Waals surface area contributed by atoms with Crippen LogP contribution in [-0.4, -0.2) is 51.6 Å². The third-order valence-electron chi connectivity index (χ3n) is 4.11. The van der Waals surface area contributed by atoms with Crippen molar-refractivity contribution in [3.63, 3.8) is 0 Å². The largest absolute Gasteiger partial charge is 0.396 e. The molecule has 1 amide bonds. The number of nitrogens with one attached hydrogen (secondary N) is 3. The average Bonchev–Trinajstić information content (AvgIpc) is 2.93. The molecule has 0 aliphatic heterocycles. The van der Waals surface area contributed by atoms with Gasteiger partial charge >= 0.3 is 5.69 Å². The van der Waals surface area contributed by atoms with Gasteiger partial charge in [-0.05, 0) is 44.5 Å². The van der Waals surface area contributed by atoms with Gasteiger partial charge in [-0.3, -0.25) is 9.69 Å². The van der Waals surface area contributed by atoms with Crippen molar-refractivity contribution in [2.75, 3.05) is 25.0 Å². The number of anilines is 1. The monoisotopic (exact) mass is 334 g/mol. The third-order valence-corrected chi connectivity index (χ3v) is 4.11. The summed E-state index contributed by atoms with van der Waals surface area (Å²) in [5, 5.41) is 11.9. The second-order valence-corrected chi connectivity index (χ2v) is 5.97. The molecule has 7 heteroatoms. The number of hydrogen-bond acceptors (Lipinski definition) is 4. The number of hydrogen-bond donors (Lipinski definition) is 4. The number of aromatic amines is 2. The van der Waals surface area contributed by atoms with Gasteiger partial charge in [0, 0.05) is 18.8 Å². The summed E-state index contributed by atoms with van der Waals surface area (Å²) >= 11 is 0. The van der Waals surface area contributed by atoms with Gasteiger partial charge in [0.2, 0.25) is 5.91 Å². The van der Waals surface area contributed by atoms with Gasteiger partial charge in [0.25, 0.3) is 0 Å². The number of rotatable bonds is 9. The summed E-state index contributed by atoms with van der Waals surface area (Å²) in [5.74, 6) is -0.0960. The molecule has 1 atom stereocenters. The van der Waals surface area contributed by atoms with Crippen molar-refractivity contribution >= 4 is 22.6 Å². The van der Waals surface area contributed by atoms with Gasteiger partial charge in [-0.2, -0.15) is 0 Å². The zero-order valence-corrected chi connectivity index (χ0v) is 14.3. The lowest BCUT2D eigenvalue weighted by Gasteiger charge is -2.28. The Labute approximate surface area is 141 Å². The van der Waals surface area contributed by atoms with E-state index in [1.807, 2.05) is 6.92 Å². The Kier molecular flexibility index (Phi) is 6.57. The predicted molar refractivity (Wildman–Crippen MR) is 95.2 cm³/mol. The van der Waals surface area contributed by atoms with E-state index in [-0.39, 0.29) is 24.2 Å². The van der Waals surface area contributed by atoms with E-state index in [0.717, 1.165) is 19.4 Å². The van der Waals surface area contributed by atoms with Crippen LogP contribution in [-0.2, 0) is 4.79 Å². The van der Waals surface area contributed by atoms with Crippen LogP contribution in [0.15, 0.2) is 23.0 Å². The molecule has 1 heterocycles. The molecule has 0 saturated carbocycles. The quantitative estimate of drug-likeness (QED) is 0.560. The number of imidazole rings is 1. The van der Waals surface area contributed by atoms with Crippen LogP contribution >= 0.6 is 0 Å². The van der Waals surface area contributed by atoms with E-state index in [2.05, 4.69) is 27.1 Å². The Bertz CT molecular complexity index is 714. The third kappa shape index (κ3) is 4.69. The standard InChI is InChI=1S/C17H26N4O3/c1-3-4-8-21(9-5-10-22)12(2)16(23)18-13-6-7-14-15(11-13)20-17(24)19-14/h6-7,11-12,22H,3-5,8-10H2,1-2H3,(H,18,23)(H2,19,20,24). The first-order valence-corrected chi connectivity index (χ1v) is 8.43. The maximum Gasteiger partial charge on any atom is 0.323 e. The average molecular weight is 334 g/mol. The summed E-state index contributed by atoms with van der Waals surface area (Å²) in [6.45, 7) is 5.62. The normalized spacial score (nSPS) is 12.7. The number of benzene rings is 1. The molecule has 1 unspecified atom stereocenters. The molecular formula is C17H26N4O3. The number of nitrogens with zero attached hydrogens (tertiary/aromatic N) is 1. The molecule has 2 aromatic rings. The van der Waals surface area contributed by atoms with E-state index in [1.165, 1.54) is 0 Å². The molecular weight excluding hydrogens is 308 g/mol. The number of amides is 1.